The normalized spacial score (nSPS) is 13.8. The average molecular weight is 453 g/mol. The maximum atomic E-state index is 12.8. The van der Waals surface area contributed by atoms with E-state index in [2.05, 4.69) is 53.9 Å². The molecule has 1 unspecified atom stereocenters. The number of pyridine rings is 1. The van der Waals surface area contributed by atoms with Crippen molar-refractivity contribution in [2.75, 3.05) is 25.1 Å². The average Bonchev–Trinajstić information content (AvgIpc) is 2.82. The molecular weight excluding hydrogens is 416 g/mol. The molecule has 0 aliphatic heterocycles. The van der Waals surface area contributed by atoms with E-state index >= 15 is 0 Å². The highest BCUT2D eigenvalue weighted by Gasteiger charge is 2.36. The highest BCUT2D eigenvalue weighted by atomic mass is 32.2. The van der Waals surface area contributed by atoms with Crippen molar-refractivity contribution in [3.8, 4) is 6.07 Å². The number of carbonyl (C=O) groups is 1. The number of aromatic nitrogens is 1. The first kappa shape index (κ1) is 25.9. The fraction of sp³-hybridized carbons (Fsp3) is 0.500. The summed E-state index contributed by atoms with van der Waals surface area (Å²) < 4.78 is 0. The highest BCUT2D eigenvalue weighted by molar-refractivity contribution is 7.98. The third-order valence-corrected chi connectivity index (χ3v) is 6.57. The van der Waals surface area contributed by atoms with Gasteiger partial charge in [0.15, 0.2) is 0 Å². The van der Waals surface area contributed by atoms with Gasteiger partial charge in [0.1, 0.15) is 5.41 Å². The standard InChI is InChI=1S/C26H36N4OS/c1-21(2)26(20-27,24-12-7-8-16-29-24)15-9-17-30-25(31)23(14-19-32-3)28-18-13-22-10-5-4-6-11-22/h4-8,10-12,16,21,23,28H,9,13-15,17-19H2,1-3H3,(H,30,31)/t23-,26?/m0/s1. The predicted molar refractivity (Wildman–Crippen MR) is 134 cm³/mol. The van der Waals surface area contributed by atoms with Crippen LogP contribution in [0, 0.1) is 17.2 Å². The molecular formula is C26H36N4OS. The predicted octanol–water partition coefficient (Wildman–Crippen LogP) is 4.35. The number of nitrogens with zero attached hydrogens (tertiary/aromatic N) is 2. The van der Waals surface area contributed by atoms with Gasteiger partial charge < -0.3 is 10.6 Å². The number of thioether (sulfide) groups is 1. The Morgan fingerprint density at radius 1 is 1.16 bits per heavy atom. The van der Waals surface area contributed by atoms with Gasteiger partial charge in [-0.15, -0.1) is 0 Å². The summed E-state index contributed by atoms with van der Waals surface area (Å²) in [5, 5.41) is 16.5. The third-order valence-electron chi connectivity index (χ3n) is 5.93. The number of amides is 1. The van der Waals surface area contributed by atoms with Crippen molar-refractivity contribution in [1.29, 1.82) is 5.26 Å². The summed E-state index contributed by atoms with van der Waals surface area (Å²) in [5.74, 6) is 1.10. The van der Waals surface area contributed by atoms with Crippen molar-refractivity contribution in [2.24, 2.45) is 5.92 Å². The molecule has 2 rings (SSSR count). The van der Waals surface area contributed by atoms with Crippen LogP contribution in [-0.2, 0) is 16.6 Å². The summed E-state index contributed by atoms with van der Waals surface area (Å²) in [6.07, 6.45) is 6.88. The number of benzene rings is 1. The van der Waals surface area contributed by atoms with Crippen LogP contribution in [0.5, 0.6) is 0 Å². The Balaban J connectivity index is 1.87. The minimum atomic E-state index is -0.641. The molecule has 0 aliphatic carbocycles. The Hall–Kier alpha value is -2.36. The zero-order chi connectivity index (χ0) is 23.2. The summed E-state index contributed by atoms with van der Waals surface area (Å²) in [5.41, 5.74) is 1.43. The molecule has 2 N–H and O–H groups in total. The fourth-order valence-electron chi connectivity index (χ4n) is 3.88. The largest absolute Gasteiger partial charge is 0.355 e. The van der Waals surface area contributed by atoms with Crippen molar-refractivity contribution in [2.45, 2.75) is 51.0 Å². The maximum absolute atomic E-state index is 12.8. The van der Waals surface area contributed by atoms with Crippen molar-refractivity contribution < 1.29 is 4.79 Å². The molecule has 1 heterocycles. The second kappa shape index (κ2) is 13.9. The molecule has 2 atom stereocenters. The Morgan fingerprint density at radius 3 is 2.53 bits per heavy atom. The van der Waals surface area contributed by atoms with Crippen LogP contribution in [0.4, 0.5) is 0 Å². The van der Waals surface area contributed by atoms with Gasteiger partial charge in [0.25, 0.3) is 0 Å². The molecule has 0 fully saturated rings. The molecule has 0 aliphatic rings. The molecule has 1 amide bonds. The minimum absolute atomic E-state index is 0.0389. The van der Waals surface area contributed by atoms with E-state index < -0.39 is 5.41 Å². The summed E-state index contributed by atoms with van der Waals surface area (Å²) >= 11 is 1.75. The first-order valence-electron chi connectivity index (χ1n) is 11.4. The van der Waals surface area contributed by atoms with Crippen LogP contribution >= 0.6 is 11.8 Å². The van der Waals surface area contributed by atoms with Crippen LogP contribution in [0.25, 0.3) is 0 Å². The zero-order valence-electron chi connectivity index (χ0n) is 19.5. The number of hydrogen-bond acceptors (Lipinski definition) is 5. The van der Waals surface area contributed by atoms with Crippen LogP contribution in [0.15, 0.2) is 54.7 Å². The van der Waals surface area contributed by atoms with E-state index in [4.69, 9.17) is 0 Å². The summed E-state index contributed by atoms with van der Waals surface area (Å²) in [6, 6.07) is 18.3. The third kappa shape index (κ3) is 7.65. The molecule has 0 spiro atoms. The number of rotatable bonds is 14. The van der Waals surface area contributed by atoms with Crippen molar-refractivity contribution in [3.05, 3.63) is 66.0 Å². The van der Waals surface area contributed by atoms with Gasteiger partial charge >= 0.3 is 0 Å². The van der Waals surface area contributed by atoms with Crippen molar-refractivity contribution in [1.82, 2.24) is 15.6 Å². The second-order valence-electron chi connectivity index (χ2n) is 8.37. The van der Waals surface area contributed by atoms with Crippen LogP contribution in [0.3, 0.4) is 0 Å². The van der Waals surface area contributed by atoms with Gasteiger partial charge in [-0.25, -0.2) is 0 Å². The maximum Gasteiger partial charge on any atom is 0.237 e. The highest BCUT2D eigenvalue weighted by Crippen LogP contribution is 2.35. The van der Waals surface area contributed by atoms with E-state index in [1.807, 2.05) is 36.4 Å². The summed E-state index contributed by atoms with van der Waals surface area (Å²) in [4.78, 5) is 17.3. The molecule has 6 heteroatoms. The monoisotopic (exact) mass is 452 g/mol. The molecule has 0 saturated carbocycles. The molecule has 2 aromatic rings. The topological polar surface area (TPSA) is 77.8 Å². The van der Waals surface area contributed by atoms with E-state index in [0.29, 0.717) is 13.0 Å². The molecule has 172 valence electrons. The van der Waals surface area contributed by atoms with Gasteiger partial charge in [-0.1, -0.05) is 50.2 Å². The van der Waals surface area contributed by atoms with E-state index in [-0.39, 0.29) is 17.9 Å². The SMILES string of the molecule is CSCC[C@H](NCCc1ccccc1)C(=O)NCCCC(C#N)(c1ccccn1)C(C)C. The summed E-state index contributed by atoms with van der Waals surface area (Å²) in [7, 11) is 0. The molecule has 1 aromatic heterocycles. The smallest absolute Gasteiger partial charge is 0.237 e. The van der Waals surface area contributed by atoms with Gasteiger partial charge in [0.2, 0.25) is 5.91 Å². The van der Waals surface area contributed by atoms with E-state index in [9.17, 15) is 10.1 Å². The van der Waals surface area contributed by atoms with E-state index in [1.54, 1.807) is 18.0 Å². The van der Waals surface area contributed by atoms with Crippen molar-refractivity contribution >= 4 is 17.7 Å². The Bertz CT molecular complexity index is 838. The summed E-state index contributed by atoms with van der Waals surface area (Å²) in [6.45, 7) is 5.44. The Morgan fingerprint density at radius 2 is 1.91 bits per heavy atom. The van der Waals surface area contributed by atoms with Gasteiger partial charge in [0, 0.05) is 12.7 Å². The quantitative estimate of drug-likeness (QED) is 0.417. The van der Waals surface area contributed by atoms with Crippen molar-refractivity contribution in [3.63, 3.8) is 0 Å². The van der Waals surface area contributed by atoms with Crippen LogP contribution in [0.2, 0.25) is 0 Å². The zero-order valence-corrected chi connectivity index (χ0v) is 20.3. The van der Waals surface area contributed by atoms with Crippen LogP contribution in [0.1, 0.15) is 44.4 Å². The lowest BCUT2D eigenvalue weighted by molar-refractivity contribution is -0.123. The Kier molecular flexibility index (Phi) is 11.3. The first-order chi connectivity index (χ1) is 15.5. The number of nitrogens with one attached hydrogen (secondary N) is 2. The van der Waals surface area contributed by atoms with Gasteiger partial charge in [-0.2, -0.15) is 17.0 Å². The lowest BCUT2D eigenvalue weighted by Crippen LogP contribution is -2.45. The molecule has 0 radical (unpaired) electrons. The van der Waals surface area contributed by atoms with Crippen LogP contribution in [-0.4, -0.2) is 42.0 Å². The molecule has 5 nitrogen and oxygen atoms in total. The number of carbonyl (C=O) groups excluding carboxylic acids is 1. The molecule has 0 bridgehead atoms. The molecule has 1 aromatic carbocycles. The van der Waals surface area contributed by atoms with E-state index in [0.717, 1.165) is 37.3 Å². The van der Waals surface area contributed by atoms with Crippen LogP contribution < -0.4 is 10.6 Å². The Labute approximate surface area is 197 Å². The van der Waals surface area contributed by atoms with Gasteiger partial charge in [-0.3, -0.25) is 9.78 Å². The first-order valence-corrected chi connectivity index (χ1v) is 12.8. The fourth-order valence-corrected chi connectivity index (χ4v) is 4.35. The van der Waals surface area contributed by atoms with Gasteiger partial charge in [-0.05, 0) is 67.9 Å². The number of hydrogen-bond donors (Lipinski definition) is 2. The van der Waals surface area contributed by atoms with E-state index in [1.165, 1.54) is 5.56 Å². The molecule has 32 heavy (non-hydrogen) atoms. The van der Waals surface area contributed by atoms with Gasteiger partial charge in [0.05, 0.1) is 17.8 Å². The lowest BCUT2D eigenvalue weighted by atomic mass is 9.72. The minimum Gasteiger partial charge on any atom is -0.355 e. The molecule has 0 saturated heterocycles. The lowest BCUT2D eigenvalue weighted by Gasteiger charge is -2.30. The number of nitriles is 1. The second-order valence-corrected chi connectivity index (χ2v) is 9.36.